The van der Waals surface area contributed by atoms with Crippen LogP contribution in [0.15, 0.2) is 30.3 Å². The van der Waals surface area contributed by atoms with Crippen LogP contribution in [0.5, 0.6) is 0 Å². The van der Waals surface area contributed by atoms with E-state index >= 15 is 0 Å². The van der Waals surface area contributed by atoms with Crippen molar-refractivity contribution >= 4 is 17.7 Å². The third-order valence-electron chi connectivity index (χ3n) is 7.36. The van der Waals surface area contributed by atoms with E-state index in [-0.39, 0.29) is 12.2 Å². The molecule has 9 nitrogen and oxygen atoms in total. The molecule has 5 rings (SSSR count). The highest BCUT2D eigenvalue weighted by Crippen LogP contribution is 2.36. The molecular formula is C27H34N6O3. The van der Waals surface area contributed by atoms with Gasteiger partial charge in [0, 0.05) is 64.5 Å². The number of piperazine rings is 1. The van der Waals surface area contributed by atoms with Crippen molar-refractivity contribution in [1.29, 1.82) is 5.26 Å². The van der Waals surface area contributed by atoms with E-state index in [0.717, 1.165) is 44.0 Å². The van der Waals surface area contributed by atoms with Crippen molar-refractivity contribution in [2.24, 2.45) is 0 Å². The number of ether oxygens (including phenoxy) is 1. The van der Waals surface area contributed by atoms with E-state index in [1.54, 1.807) is 0 Å². The van der Waals surface area contributed by atoms with E-state index < -0.39 is 6.09 Å². The van der Waals surface area contributed by atoms with E-state index in [0.29, 0.717) is 44.1 Å². The largest absolute Gasteiger partial charge is 0.465 e. The highest BCUT2D eigenvalue weighted by molar-refractivity contribution is 5.69. The molecule has 4 heterocycles. The van der Waals surface area contributed by atoms with Gasteiger partial charge in [0.05, 0.1) is 17.8 Å². The normalized spacial score (nSPS) is 22.8. The minimum atomic E-state index is -0.901. The Morgan fingerprint density at radius 2 is 1.72 bits per heavy atom. The maximum atomic E-state index is 11.4. The molecule has 2 unspecified atom stereocenters. The van der Waals surface area contributed by atoms with E-state index in [2.05, 4.69) is 58.9 Å². The molecule has 0 radical (unpaired) electrons. The number of nitrogens with zero attached hydrogens (tertiary/aromatic N) is 6. The molecule has 0 bridgehead atoms. The lowest BCUT2D eigenvalue weighted by molar-refractivity contribution is -0.00553. The Hall–Kier alpha value is -3.35. The molecule has 9 heteroatoms. The Morgan fingerprint density at radius 3 is 2.36 bits per heavy atom. The Kier molecular flexibility index (Phi) is 6.99. The van der Waals surface area contributed by atoms with Gasteiger partial charge in [0.25, 0.3) is 0 Å². The zero-order chi connectivity index (χ0) is 25.2. The fourth-order valence-electron chi connectivity index (χ4n) is 5.70. The summed E-state index contributed by atoms with van der Waals surface area (Å²) in [6, 6.07) is 12.9. The molecule has 2 aromatic rings. The summed E-state index contributed by atoms with van der Waals surface area (Å²) in [6.07, 6.45) is 0.138. The van der Waals surface area contributed by atoms with Gasteiger partial charge in [-0.2, -0.15) is 5.26 Å². The van der Waals surface area contributed by atoms with Crippen molar-refractivity contribution in [2.45, 2.75) is 45.6 Å². The topological polar surface area (TPSA) is 96.2 Å². The monoisotopic (exact) mass is 490 g/mol. The van der Waals surface area contributed by atoms with Gasteiger partial charge in [-0.3, -0.25) is 4.90 Å². The van der Waals surface area contributed by atoms with Crippen molar-refractivity contribution in [1.82, 2.24) is 14.8 Å². The van der Waals surface area contributed by atoms with Crippen LogP contribution < -0.4 is 9.80 Å². The van der Waals surface area contributed by atoms with Crippen molar-refractivity contribution in [3.8, 4) is 6.07 Å². The summed E-state index contributed by atoms with van der Waals surface area (Å²) >= 11 is 0. The number of nitriles is 1. The van der Waals surface area contributed by atoms with Crippen LogP contribution in [0, 0.1) is 11.3 Å². The smallest absolute Gasteiger partial charge is 0.407 e. The Bertz CT molecular complexity index is 1130. The highest BCUT2D eigenvalue weighted by Gasteiger charge is 2.33. The number of morpholine rings is 1. The second-order valence-electron chi connectivity index (χ2n) is 10.1. The number of aromatic nitrogens is 1. The van der Waals surface area contributed by atoms with Crippen LogP contribution in [-0.2, 0) is 24.2 Å². The molecule has 0 spiro atoms. The van der Waals surface area contributed by atoms with Gasteiger partial charge in [-0.05, 0) is 31.4 Å². The van der Waals surface area contributed by atoms with Crippen LogP contribution in [0.4, 0.5) is 16.4 Å². The summed E-state index contributed by atoms with van der Waals surface area (Å²) < 4.78 is 5.99. The summed E-state index contributed by atoms with van der Waals surface area (Å²) in [5.41, 5.74) is 4.12. The molecule has 1 amide bonds. The van der Waals surface area contributed by atoms with Crippen molar-refractivity contribution < 1.29 is 14.6 Å². The first-order chi connectivity index (χ1) is 17.4. The highest BCUT2D eigenvalue weighted by atomic mass is 16.5. The predicted molar refractivity (Wildman–Crippen MR) is 137 cm³/mol. The number of pyridine rings is 1. The van der Waals surface area contributed by atoms with E-state index in [4.69, 9.17) is 9.72 Å². The fourth-order valence-corrected chi connectivity index (χ4v) is 5.70. The van der Waals surface area contributed by atoms with Crippen LogP contribution in [0.2, 0.25) is 0 Å². The van der Waals surface area contributed by atoms with Gasteiger partial charge in [-0.15, -0.1) is 0 Å². The number of carbonyl (C=O) groups is 1. The molecule has 3 aliphatic rings. The zero-order valence-corrected chi connectivity index (χ0v) is 21.1. The quantitative estimate of drug-likeness (QED) is 0.699. The van der Waals surface area contributed by atoms with Crippen LogP contribution in [0.1, 0.15) is 36.1 Å². The average molecular weight is 491 g/mol. The summed E-state index contributed by atoms with van der Waals surface area (Å²) in [7, 11) is 0. The van der Waals surface area contributed by atoms with Crippen molar-refractivity contribution in [3.05, 3.63) is 52.6 Å². The second kappa shape index (κ2) is 10.3. The maximum absolute atomic E-state index is 11.4. The lowest BCUT2D eigenvalue weighted by Gasteiger charge is -2.41. The first kappa shape index (κ1) is 24.3. The molecular weight excluding hydrogens is 456 g/mol. The van der Waals surface area contributed by atoms with Gasteiger partial charge in [0.15, 0.2) is 0 Å². The first-order valence-corrected chi connectivity index (χ1v) is 12.8. The van der Waals surface area contributed by atoms with Gasteiger partial charge in [-0.1, -0.05) is 30.3 Å². The molecule has 1 aromatic heterocycles. The number of amides is 1. The number of anilines is 2. The molecule has 0 saturated carbocycles. The Balaban J connectivity index is 1.52. The molecule has 1 aromatic carbocycles. The zero-order valence-electron chi connectivity index (χ0n) is 21.1. The van der Waals surface area contributed by atoms with Gasteiger partial charge in [-0.25, -0.2) is 9.78 Å². The molecule has 3 aliphatic heterocycles. The van der Waals surface area contributed by atoms with Crippen LogP contribution in [0.3, 0.4) is 0 Å². The van der Waals surface area contributed by atoms with Crippen LogP contribution in [0.25, 0.3) is 0 Å². The number of fused-ring (bicyclic) bond motifs is 1. The van der Waals surface area contributed by atoms with Crippen molar-refractivity contribution in [3.63, 3.8) is 0 Å². The van der Waals surface area contributed by atoms with Crippen LogP contribution >= 0.6 is 0 Å². The van der Waals surface area contributed by atoms with Crippen LogP contribution in [-0.4, -0.2) is 84.0 Å². The summed E-state index contributed by atoms with van der Waals surface area (Å²) in [4.78, 5) is 24.8. The lowest BCUT2D eigenvalue weighted by Crippen LogP contribution is -2.49. The molecule has 1 N–H and O–H groups in total. The molecule has 2 atom stereocenters. The third kappa shape index (κ3) is 4.97. The maximum Gasteiger partial charge on any atom is 0.407 e. The molecule has 2 saturated heterocycles. The lowest BCUT2D eigenvalue weighted by atomic mass is 9.94. The average Bonchev–Trinajstić information content (AvgIpc) is 2.87. The van der Waals surface area contributed by atoms with Crippen molar-refractivity contribution in [2.75, 3.05) is 55.6 Å². The number of hydrogen-bond acceptors (Lipinski definition) is 7. The number of rotatable bonds is 4. The van der Waals surface area contributed by atoms with Gasteiger partial charge in [0.1, 0.15) is 17.7 Å². The van der Waals surface area contributed by atoms with E-state index in [9.17, 15) is 15.2 Å². The molecule has 2 fully saturated rings. The Morgan fingerprint density at radius 1 is 1.03 bits per heavy atom. The van der Waals surface area contributed by atoms with Gasteiger partial charge < -0.3 is 24.5 Å². The fraction of sp³-hybridized carbons (Fsp3) is 0.519. The molecule has 0 aliphatic carbocycles. The standard InChI is InChI=1S/C27H34N6O3/c1-19-15-33(16-20(2)36-19)25-22-8-9-30(17-21-6-4-3-5-7-21)18-24(22)23(14-28)26(29-25)31-10-12-32(13-11-31)27(34)35/h3-7,19-20H,8-13,15-18H2,1-2H3,(H,34,35). The summed E-state index contributed by atoms with van der Waals surface area (Å²) in [5, 5.41) is 19.7. The van der Waals surface area contributed by atoms with Gasteiger partial charge in [0.2, 0.25) is 0 Å². The SMILES string of the molecule is CC1CN(c2nc(N3CCN(C(=O)O)CC3)c(C#N)c3c2CCN(Cc2ccccc2)C3)CC(C)O1. The molecule has 190 valence electrons. The number of carboxylic acid groups (broad SMARTS) is 1. The number of hydrogen-bond donors (Lipinski definition) is 1. The van der Waals surface area contributed by atoms with E-state index in [1.165, 1.54) is 16.0 Å². The summed E-state index contributed by atoms with van der Waals surface area (Å²) in [6.45, 7) is 9.99. The Labute approximate surface area is 212 Å². The van der Waals surface area contributed by atoms with Gasteiger partial charge >= 0.3 is 6.09 Å². The van der Waals surface area contributed by atoms with E-state index in [1.807, 2.05) is 6.07 Å². The predicted octanol–water partition coefficient (Wildman–Crippen LogP) is 2.93. The summed E-state index contributed by atoms with van der Waals surface area (Å²) in [5.74, 6) is 1.64. The number of benzene rings is 1. The third-order valence-corrected chi connectivity index (χ3v) is 7.36. The minimum Gasteiger partial charge on any atom is -0.465 e. The first-order valence-electron chi connectivity index (χ1n) is 12.8. The molecule has 36 heavy (non-hydrogen) atoms. The minimum absolute atomic E-state index is 0.0996. The second-order valence-corrected chi connectivity index (χ2v) is 10.1.